The highest BCUT2D eigenvalue weighted by Gasteiger charge is 2.21. The minimum Gasteiger partial charge on any atom is -0.409 e. The lowest BCUT2D eigenvalue weighted by atomic mass is 10.2. The summed E-state index contributed by atoms with van der Waals surface area (Å²) in [6.45, 7) is 7.20. The van der Waals surface area contributed by atoms with E-state index in [2.05, 4.69) is 33.9 Å². The topological polar surface area (TPSA) is 78.0 Å². The minimum atomic E-state index is 0.122. The Labute approximate surface area is 119 Å². The number of nitrogens with two attached hydrogens (primary N) is 1. The van der Waals surface area contributed by atoms with Crippen molar-refractivity contribution in [2.75, 3.05) is 31.6 Å². The number of pyridine rings is 1. The molecule has 0 radical (unpaired) electrons. The molecule has 1 saturated heterocycles. The zero-order chi connectivity index (χ0) is 14.7. The maximum absolute atomic E-state index is 8.83. The largest absolute Gasteiger partial charge is 0.409 e. The molecule has 6 nitrogen and oxygen atoms in total. The second kappa shape index (κ2) is 6.09. The van der Waals surface area contributed by atoms with Crippen LogP contribution in [0, 0.1) is 6.92 Å². The first-order chi connectivity index (χ1) is 9.51. The van der Waals surface area contributed by atoms with Crippen LogP contribution in [0.3, 0.4) is 0 Å². The van der Waals surface area contributed by atoms with Gasteiger partial charge in [0, 0.05) is 30.4 Å². The molecule has 110 valence electrons. The molecule has 0 aliphatic carbocycles. The summed E-state index contributed by atoms with van der Waals surface area (Å²) >= 11 is 0. The molecule has 0 saturated carbocycles. The smallest absolute Gasteiger partial charge is 0.170 e. The predicted octanol–water partition coefficient (Wildman–Crippen LogP) is 1.01. The maximum atomic E-state index is 8.83. The summed E-state index contributed by atoms with van der Waals surface area (Å²) in [5.74, 6) is 1.02. The van der Waals surface area contributed by atoms with Gasteiger partial charge in [0.2, 0.25) is 0 Å². The van der Waals surface area contributed by atoms with E-state index in [0.717, 1.165) is 37.6 Å². The second-order valence-electron chi connectivity index (χ2n) is 5.50. The van der Waals surface area contributed by atoms with E-state index < -0.39 is 0 Å². The van der Waals surface area contributed by atoms with E-state index in [1.54, 1.807) is 0 Å². The van der Waals surface area contributed by atoms with Crippen LogP contribution in [-0.2, 0) is 0 Å². The number of nitrogens with zero attached hydrogens (tertiary/aromatic N) is 4. The number of hydrogen-bond acceptors (Lipinski definition) is 5. The summed E-state index contributed by atoms with van der Waals surface area (Å²) in [4.78, 5) is 9.24. The highest BCUT2D eigenvalue weighted by atomic mass is 16.4. The molecule has 0 aromatic carbocycles. The first-order valence-corrected chi connectivity index (χ1v) is 6.93. The summed E-state index contributed by atoms with van der Waals surface area (Å²) < 4.78 is 0. The molecule has 3 N–H and O–H groups in total. The fraction of sp³-hybridized carbons (Fsp3) is 0.571. The Kier molecular flexibility index (Phi) is 4.44. The van der Waals surface area contributed by atoms with E-state index >= 15 is 0 Å². The van der Waals surface area contributed by atoms with Gasteiger partial charge in [-0.25, -0.2) is 4.98 Å². The van der Waals surface area contributed by atoms with Gasteiger partial charge in [-0.05, 0) is 46.0 Å². The van der Waals surface area contributed by atoms with Crippen LogP contribution < -0.4 is 10.6 Å². The summed E-state index contributed by atoms with van der Waals surface area (Å²) in [5.41, 5.74) is 7.27. The van der Waals surface area contributed by atoms with Gasteiger partial charge in [0.1, 0.15) is 5.82 Å². The average molecular weight is 277 g/mol. The molecule has 2 rings (SSSR count). The monoisotopic (exact) mass is 277 g/mol. The number of aromatic nitrogens is 1. The van der Waals surface area contributed by atoms with Crippen LogP contribution in [0.2, 0.25) is 0 Å². The lowest BCUT2D eigenvalue weighted by Gasteiger charge is -2.29. The van der Waals surface area contributed by atoms with Crippen molar-refractivity contribution in [3.63, 3.8) is 0 Å². The van der Waals surface area contributed by atoms with E-state index in [1.807, 2.05) is 19.1 Å². The van der Waals surface area contributed by atoms with Gasteiger partial charge >= 0.3 is 0 Å². The molecule has 1 fully saturated rings. The van der Waals surface area contributed by atoms with E-state index in [1.165, 1.54) is 0 Å². The van der Waals surface area contributed by atoms with Crippen molar-refractivity contribution in [1.82, 2.24) is 9.88 Å². The Morgan fingerprint density at radius 1 is 1.45 bits per heavy atom. The standard InChI is InChI=1S/C14H23N5O/c1-10-7-12(14(15)17-20)8-13(16-10)19-6-4-5-18(3)9-11(19)2/h7-8,11,20H,4-6,9H2,1-3H3,(H2,15,17). The quantitative estimate of drug-likeness (QED) is 0.365. The Balaban J connectivity index is 2.33. The molecular weight excluding hydrogens is 254 g/mol. The van der Waals surface area contributed by atoms with Gasteiger partial charge in [0.15, 0.2) is 5.84 Å². The van der Waals surface area contributed by atoms with Gasteiger partial charge in [-0.3, -0.25) is 0 Å². The summed E-state index contributed by atoms with van der Waals surface area (Å²) in [5, 5.41) is 11.9. The van der Waals surface area contributed by atoms with Crippen molar-refractivity contribution in [2.45, 2.75) is 26.3 Å². The molecule has 1 aliphatic heterocycles. The molecule has 0 spiro atoms. The summed E-state index contributed by atoms with van der Waals surface area (Å²) in [6.07, 6.45) is 1.11. The fourth-order valence-corrected chi connectivity index (χ4v) is 2.72. The van der Waals surface area contributed by atoms with Crippen LogP contribution in [-0.4, -0.2) is 53.7 Å². The minimum absolute atomic E-state index is 0.122. The number of rotatable bonds is 2. The number of aryl methyl sites for hydroxylation is 1. The highest BCUT2D eigenvalue weighted by molar-refractivity contribution is 5.97. The van der Waals surface area contributed by atoms with Crippen LogP contribution in [0.15, 0.2) is 17.3 Å². The zero-order valence-corrected chi connectivity index (χ0v) is 12.4. The molecule has 6 heteroatoms. The van der Waals surface area contributed by atoms with Crippen LogP contribution in [0.5, 0.6) is 0 Å². The number of anilines is 1. The van der Waals surface area contributed by atoms with E-state index in [9.17, 15) is 0 Å². The molecule has 1 aromatic heterocycles. The third-order valence-electron chi connectivity index (χ3n) is 3.68. The normalized spacial score (nSPS) is 21.9. The molecule has 0 amide bonds. The van der Waals surface area contributed by atoms with Crippen molar-refractivity contribution in [3.05, 3.63) is 23.4 Å². The van der Waals surface area contributed by atoms with Crippen LogP contribution >= 0.6 is 0 Å². The average Bonchev–Trinajstić information content (AvgIpc) is 2.57. The second-order valence-corrected chi connectivity index (χ2v) is 5.50. The van der Waals surface area contributed by atoms with Crippen LogP contribution in [0.4, 0.5) is 5.82 Å². The number of amidine groups is 1. The Morgan fingerprint density at radius 2 is 2.20 bits per heavy atom. The zero-order valence-electron chi connectivity index (χ0n) is 12.4. The molecule has 2 heterocycles. The van der Waals surface area contributed by atoms with Crippen molar-refractivity contribution in [3.8, 4) is 0 Å². The lowest BCUT2D eigenvalue weighted by molar-refractivity contribution is 0.318. The summed E-state index contributed by atoms with van der Waals surface area (Å²) in [6, 6.07) is 4.11. The van der Waals surface area contributed by atoms with Gasteiger partial charge < -0.3 is 20.7 Å². The van der Waals surface area contributed by atoms with E-state index in [0.29, 0.717) is 11.6 Å². The maximum Gasteiger partial charge on any atom is 0.170 e. The van der Waals surface area contributed by atoms with Crippen LogP contribution in [0.25, 0.3) is 0 Å². The van der Waals surface area contributed by atoms with E-state index in [-0.39, 0.29) is 5.84 Å². The molecular formula is C14H23N5O. The first-order valence-electron chi connectivity index (χ1n) is 6.93. The first kappa shape index (κ1) is 14.6. The molecule has 1 unspecified atom stereocenters. The Hall–Kier alpha value is -1.82. The van der Waals surface area contributed by atoms with Crippen molar-refractivity contribution in [1.29, 1.82) is 0 Å². The van der Waals surface area contributed by atoms with Crippen LogP contribution in [0.1, 0.15) is 24.6 Å². The number of likely N-dealkylation sites (N-methyl/N-ethyl adjacent to an activating group) is 1. The lowest BCUT2D eigenvalue weighted by Crippen LogP contribution is -2.38. The van der Waals surface area contributed by atoms with Crippen molar-refractivity contribution in [2.24, 2.45) is 10.9 Å². The predicted molar refractivity (Wildman–Crippen MR) is 80.4 cm³/mol. The van der Waals surface area contributed by atoms with Gasteiger partial charge in [0.05, 0.1) is 0 Å². The Morgan fingerprint density at radius 3 is 2.90 bits per heavy atom. The van der Waals surface area contributed by atoms with Gasteiger partial charge in [0.25, 0.3) is 0 Å². The highest BCUT2D eigenvalue weighted by Crippen LogP contribution is 2.20. The van der Waals surface area contributed by atoms with Crippen molar-refractivity contribution >= 4 is 11.7 Å². The SMILES string of the molecule is Cc1cc(/C(N)=N/O)cc(N2CCCN(C)CC2C)n1. The Bertz CT molecular complexity index is 502. The number of oxime groups is 1. The van der Waals surface area contributed by atoms with E-state index in [4.69, 9.17) is 10.9 Å². The van der Waals surface area contributed by atoms with Gasteiger partial charge in [-0.1, -0.05) is 5.16 Å². The van der Waals surface area contributed by atoms with Gasteiger partial charge in [-0.15, -0.1) is 0 Å². The third kappa shape index (κ3) is 3.19. The molecule has 20 heavy (non-hydrogen) atoms. The molecule has 0 bridgehead atoms. The van der Waals surface area contributed by atoms with Gasteiger partial charge in [-0.2, -0.15) is 0 Å². The molecule has 1 aliphatic rings. The summed E-state index contributed by atoms with van der Waals surface area (Å²) in [7, 11) is 2.14. The van der Waals surface area contributed by atoms with Crippen molar-refractivity contribution < 1.29 is 5.21 Å². The molecule has 1 atom stereocenters. The third-order valence-corrected chi connectivity index (χ3v) is 3.68. The fourth-order valence-electron chi connectivity index (χ4n) is 2.72. The number of hydrogen-bond donors (Lipinski definition) is 2. The molecule has 1 aromatic rings.